The monoisotopic (exact) mass is 489 g/mol. The smallest absolute Gasteiger partial charge is 0.206 e. The van der Waals surface area contributed by atoms with Gasteiger partial charge in [0.05, 0.1) is 24.2 Å². The molecule has 0 saturated carbocycles. The number of benzene rings is 3. The molecule has 0 spiro atoms. The van der Waals surface area contributed by atoms with Crippen molar-refractivity contribution in [3.05, 3.63) is 78.4 Å². The molecule has 4 aromatic rings. The van der Waals surface area contributed by atoms with Crippen molar-refractivity contribution in [2.45, 2.75) is 44.4 Å². The molecule has 2 heterocycles. The lowest BCUT2D eigenvalue weighted by Gasteiger charge is -2.20. The third-order valence-corrected chi connectivity index (χ3v) is 6.41. The van der Waals surface area contributed by atoms with Crippen LogP contribution in [0.5, 0.6) is 5.75 Å². The molecule has 4 N–H and O–H groups in total. The molecule has 1 aliphatic rings. The molecule has 0 aliphatic carbocycles. The lowest BCUT2D eigenvalue weighted by Crippen LogP contribution is -2.33. The molecule has 0 amide bonds. The number of nitrogens with zero attached hydrogens (tertiary/aromatic N) is 2. The first-order chi connectivity index (χ1) is 17.6. The molecule has 0 radical (unpaired) electrons. The molecule has 188 valence electrons. The van der Waals surface area contributed by atoms with Crippen molar-refractivity contribution >= 4 is 17.0 Å². The van der Waals surface area contributed by atoms with Crippen molar-refractivity contribution in [2.75, 3.05) is 18.5 Å². The van der Waals surface area contributed by atoms with Crippen LogP contribution in [-0.4, -0.2) is 56.4 Å². The van der Waals surface area contributed by atoms with Crippen molar-refractivity contribution in [2.24, 2.45) is 0 Å². The van der Waals surface area contributed by atoms with Crippen molar-refractivity contribution in [1.82, 2.24) is 9.55 Å². The van der Waals surface area contributed by atoms with Gasteiger partial charge in [-0.1, -0.05) is 61.5 Å². The molecule has 0 bridgehead atoms. The number of imidazole rings is 1. The third-order valence-electron chi connectivity index (χ3n) is 6.41. The molecule has 8 heteroatoms. The Morgan fingerprint density at radius 1 is 1.00 bits per heavy atom. The molecule has 3 aromatic carbocycles. The van der Waals surface area contributed by atoms with Gasteiger partial charge in [0.25, 0.3) is 0 Å². The second kappa shape index (κ2) is 10.7. The topological polar surface area (TPSA) is 109 Å². The van der Waals surface area contributed by atoms with Gasteiger partial charge < -0.3 is 30.1 Å². The fraction of sp³-hybridized carbons (Fsp3) is 0.321. The Bertz CT molecular complexity index is 1310. The van der Waals surface area contributed by atoms with Gasteiger partial charge in [0.1, 0.15) is 24.1 Å². The average Bonchev–Trinajstić information content (AvgIpc) is 3.42. The maximum Gasteiger partial charge on any atom is 0.206 e. The van der Waals surface area contributed by atoms with Crippen LogP contribution < -0.4 is 10.1 Å². The first-order valence-corrected chi connectivity index (χ1v) is 12.2. The van der Waals surface area contributed by atoms with E-state index in [-0.39, 0.29) is 0 Å². The number of fused-ring (bicyclic) bond motifs is 1. The number of nitrogens with one attached hydrogen (secondary N) is 1. The van der Waals surface area contributed by atoms with Gasteiger partial charge >= 0.3 is 0 Å². The molecule has 36 heavy (non-hydrogen) atoms. The van der Waals surface area contributed by atoms with Crippen LogP contribution in [-0.2, 0) is 11.3 Å². The maximum absolute atomic E-state index is 10.7. The standard InChI is InChI=1S/C28H31N3O5/c1-2-14-35-23-15-18(12-13-20(23)19-8-4-3-5-9-19)16-29-28-30-21-10-6-7-11-22(21)31(28)27-26(34)25(33)24(17-32)36-27/h3-13,15,24-27,32-34H,2,14,16-17H2,1H3,(H,29,30)/t24-,25-,26-,27-/m1/s1. The number of aliphatic hydroxyl groups is 3. The van der Waals surface area contributed by atoms with E-state index in [0.29, 0.717) is 19.1 Å². The van der Waals surface area contributed by atoms with Crippen molar-refractivity contribution in [1.29, 1.82) is 0 Å². The molecule has 0 unspecified atom stereocenters. The molecular formula is C28H31N3O5. The zero-order chi connectivity index (χ0) is 25.1. The molecule has 1 fully saturated rings. The van der Waals surface area contributed by atoms with E-state index >= 15 is 0 Å². The highest BCUT2D eigenvalue weighted by Crippen LogP contribution is 2.36. The van der Waals surface area contributed by atoms with E-state index in [9.17, 15) is 15.3 Å². The molecular weight excluding hydrogens is 458 g/mol. The van der Waals surface area contributed by atoms with Gasteiger partial charge in [-0.3, -0.25) is 4.57 Å². The zero-order valence-corrected chi connectivity index (χ0v) is 20.1. The maximum atomic E-state index is 10.7. The molecule has 1 saturated heterocycles. The summed E-state index contributed by atoms with van der Waals surface area (Å²) in [5.74, 6) is 1.31. The van der Waals surface area contributed by atoms with Gasteiger partial charge in [-0.15, -0.1) is 0 Å². The van der Waals surface area contributed by atoms with E-state index < -0.39 is 31.1 Å². The van der Waals surface area contributed by atoms with Gasteiger partial charge in [0.2, 0.25) is 5.95 Å². The van der Waals surface area contributed by atoms with Gasteiger partial charge in [-0.2, -0.15) is 0 Å². The highest BCUT2D eigenvalue weighted by atomic mass is 16.6. The SMILES string of the molecule is CCCOc1cc(CNc2nc3ccccc3n2[C@@H]2O[C@H](CO)[C@@H](O)[C@H]2O)ccc1-c1ccccc1. The Kier molecular flexibility index (Phi) is 7.20. The lowest BCUT2D eigenvalue weighted by molar-refractivity contribution is -0.0499. The van der Waals surface area contributed by atoms with E-state index in [0.717, 1.165) is 39.9 Å². The van der Waals surface area contributed by atoms with E-state index in [1.165, 1.54) is 0 Å². The summed E-state index contributed by atoms with van der Waals surface area (Å²) in [6.07, 6.45) is -3.26. The van der Waals surface area contributed by atoms with E-state index in [2.05, 4.69) is 30.4 Å². The zero-order valence-electron chi connectivity index (χ0n) is 20.1. The number of hydrogen-bond donors (Lipinski definition) is 4. The number of hydrogen-bond acceptors (Lipinski definition) is 7. The summed E-state index contributed by atoms with van der Waals surface area (Å²) >= 11 is 0. The minimum absolute atomic E-state index is 0.390. The minimum Gasteiger partial charge on any atom is -0.493 e. The number of ether oxygens (including phenoxy) is 2. The van der Waals surface area contributed by atoms with Crippen LogP contribution in [0.1, 0.15) is 25.1 Å². The van der Waals surface area contributed by atoms with Gasteiger partial charge in [0, 0.05) is 12.1 Å². The van der Waals surface area contributed by atoms with Crippen LogP contribution >= 0.6 is 0 Å². The predicted octanol–water partition coefficient (Wildman–Crippen LogP) is 3.72. The van der Waals surface area contributed by atoms with E-state index in [1.54, 1.807) is 4.57 Å². The van der Waals surface area contributed by atoms with Crippen LogP contribution in [0, 0.1) is 0 Å². The fourth-order valence-corrected chi connectivity index (χ4v) is 4.57. The Balaban J connectivity index is 1.44. The lowest BCUT2D eigenvalue weighted by atomic mass is 10.0. The normalized spacial score (nSPS) is 21.7. The van der Waals surface area contributed by atoms with E-state index in [1.807, 2.05) is 54.6 Å². The Morgan fingerprint density at radius 3 is 2.53 bits per heavy atom. The van der Waals surface area contributed by atoms with Crippen molar-refractivity contribution in [3.8, 4) is 16.9 Å². The predicted molar refractivity (Wildman–Crippen MR) is 138 cm³/mol. The fourth-order valence-electron chi connectivity index (χ4n) is 4.57. The van der Waals surface area contributed by atoms with Crippen LogP contribution in [0.25, 0.3) is 22.2 Å². The van der Waals surface area contributed by atoms with Crippen molar-refractivity contribution in [3.63, 3.8) is 0 Å². The number of anilines is 1. The summed E-state index contributed by atoms with van der Waals surface area (Å²) in [6.45, 7) is 2.77. The molecule has 1 aromatic heterocycles. The first-order valence-electron chi connectivity index (χ1n) is 12.2. The quantitative estimate of drug-likeness (QED) is 0.284. The number of rotatable bonds is 9. The largest absolute Gasteiger partial charge is 0.493 e. The second-order valence-electron chi connectivity index (χ2n) is 8.92. The summed E-state index contributed by atoms with van der Waals surface area (Å²) in [7, 11) is 0. The molecule has 1 aliphatic heterocycles. The van der Waals surface area contributed by atoms with Gasteiger partial charge in [0.15, 0.2) is 6.23 Å². The summed E-state index contributed by atoms with van der Waals surface area (Å²) in [6, 6.07) is 23.8. The van der Waals surface area contributed by atoms with Crippen molar-refractivity contribution < 1.29 is 24.8 Å². The number of aromatic nitrogens is 2. The minimum atomic E-state index is -1.21. The average molecular weight is 490 g/mol. The third kappa shape index (κ3) is 4.68. The van der Waals surface area contributed by atoms with Crippen LogP contribution in [0.4, 0.5) is 5.95 Å². The number of para-hydroxylation sites is 2. The Labute approximate surface area is 209 Å². The summed E-state index contributed by atoms with van der Waals surface area (Å²) in [5.41, 5.74) is 4.60. The highest BCUT2D eigenvalue weighted by molar-refractivity contribution is 5.79. The van der Waals surface area contributed by atoms with Gasteiger partial charge in [-0.25, -0.2) is 4.98 Å². The van der Waals surface area contributed by atoms with E-state index in [4.69, 9.17) is 14.5 Å². The molecule has 8 nitrogen and oxygen atoms in total. The van der Waals surface area contributed by atoms with Crippen LogP contribution in [0.15, 0.2) is 72.8 Å². The molecule has 4 atom stereocenters. The van der Waals surface area contributed by atoms with Crippen LogP contribution in [0.3, 0.4) is 0 Å². The number of aliphatic hydroxyl groups excluding tert-OH is 3. The molecule has 5 rings (SSSR count). The highest BCUT2D eigenvalue weighted by Gasteiger charge is 2.44. The van der Waals surface area contributed by atoms with Gasteiger partial charge in [-0.05, 0) is 35.7 Å². The summed E-state index contributed by atoms with van der Waals surface area (Å²) < 4.78 is 13.6. The summed E-state index contributed by atoms with van der Waals surface area (Å²) in [4.78, 5) is 4.71. The Morgan fingerprint density at radius 2 is 1.78 bits per heavy atom. The first kappa shape index (κ1) is 24.3. The summed E-state index contributed by atoms with van der Waals surface area (Å²) in [5, 5.41) is 33.9. The van der Waals surface area contributed by atoms with Crippen LogP contribution in [0.2, 0.25) is 0 Å². The second-order valence-corrected chi connectivity index (χ2v) is 8.92. The Hall–Kier alpha value is -3.43.